The minimum absolute atomic E-state index is 0. The van der Waals surface area contributed by atoms with Crippen LogP contribution in [0.2, 0.25) is 0 Å². The molecule has 51 heavy (non-hydrogen) atoms. The SMILES string of the molecule is C=C(C)C(=O)OCCNC(=O)Oc1ccc(CC(C(C)O)C(C)O)cc1.[Ir].[c-]1ccccc1-c1ccccn1.[c-]1ccccc1-c1ccccn1. The molecular formula is C41H43IrN3O6-2. The molecule has 5 rings (SSSR count). The van der Waals surface area contributed by atoms with Crippen molar-refractivity contribution in [2.24, 2.45) is 5.92 Å². The molecule has 1 amide bonds. The number of hydrogen-bond acceptors (Lipinski definition) is 8. The second-order valence-corrected chi connectivity index (χ2v) is 11.2. The van der Waals surface area contributed by atoms with Crippen LogP contribution in [-0.4, -0.2) is 57.6 Å². The molecule has 5 aromatic rings. The smallest absolute Gasteiger partial charge is 0.412 e. The monoisotopic (exact) mass is 866 g/mol. The zero-order chi connectivity index (χ0) is 36.1. The van der Waals surface area contributed by atoms with E-state index < -0.39 is 24.3 Å². The first-order chi connectivity index (χ1) is 24.1. The summed E-state index contributed by atoms with van der Waals surface area (Å²) in [6, 6.07) is 40.5. The van der Waals surface area contributed by atoms with Crippen molar-refractivity contribution in [3.8, 4) is 28.3 Å². The van der Waals surface area contributed by atoms with E-state index >= 15 is 0 Å². The molecule has 0 spiro atoms. The van der Waals surface area contributed by atoms with Crippen LogP contribution in [0.3, 0.4) is 0 Å². The Morgan fingerprint density at radius 3 is 1.71 bits per heavy atom. The summed E-state index contributed by atoms with van der Waals surface area (Å²) in [6.45, 7) is 8.44. The molecule has 0 fully saturated rings. The van der Waals surface area contributed by atoms with Crippen LogP contribution >= 0.6 is 0 Å². The minimum Gasteiger partial charge on any atom is -0.460 e. The number of ether oxygens (including phenoxy) is 2. The van der Waals surface area contributed by atoms with Gasteiger partial charge in [-0.05, 0) is 68.4 Å². The molecule has 0 bridgehead atoms. The fraction of sp³-hybridized carbons (Fsp3) is 0.220. The Kier molecular flexibility index (Phi) is 19.4. The van der Waals surface area contributed by atoms with E-state index in [1.807, 2.05) is 84.9 Å². The summed E-state index contributed by atoms with van der Waals surface area (Å²) in [5.41, 5.74) is 5.23. The molecule has 2 atom stereocenters. The molecule has 10 heteroatoms. The van der Waals surface area contributed by atoms with E-state index in [-0.39, 0.29) is 39.2 Å². The minimum atomic E-state index is -0.657. The number of aliphatic hydroxyl groups excluding tert-OH is 2. The van der Waals surface area contributed by atoms with Gasteiger partial charge in [-0.2, -0.15) is 0 Å². The first kappa shape index (κ1) is 42.2. The molecule has 1 radical (unpaired) electrons. The van der Waals surface area contributed by atoms with Crippen LogP contribution < -0.4 is 10.1 Å². The number of amides is 1. The molecule has 0 aliphatic heterocycles. The van der Waals surface area contributed by atoms with Crippen molar-refractivity contribution in [3.05, 3.63) is 151 Å². The number of rotatable bonds is 11. The fourth-order valence-electron chi connectivity index (χ4n) is 4.42. The van der Waals surface area contributed by atoms with E-state index in [0.29, 0.717) is 17.7 Å². The van der Waals surface area contributed by atoms with Crippen LogP contribution in [0.4, 0.5) is 4.79 Å². The molecule has 2 unspecified atom stereocenters. The average molecular weight is 866 g/mol. The molecular weight excluding hydrogens is 823 g/mol. The number of carbonyl (C=O) groups is 2. The first-order valence-electron chi connectivity index (χ1n) is 16.1. The Labute approximate surface area is 313 Å². The molecule has 3 N–H and O–H groups in total. The van der Waals surface area contributed by atoms with Crippen LogP contribution in [0, 0.1) is 18.1 Å². The van der Waals surface area contributed by atoms with Crippen molar-refractivity contribution in [1.82, 2.24) is 15.3 Å². The zero-order valence-corrected chi connectivity index (χ0v) is 31.3. The molecule has 0 saturated carbocycles. The van der Waals surface area contributed by atoms with Gasteiger partial charge < -0.3 is 35.0 Å². The van der Waals surface area contributed by atoms with E-state index in [9.17, 15) is 19.8 Å². The maximum absolute atomic E-state index is 11.7. The summed E-state index contributed by atoms with van der Waals surface area (Å²) in [5, 5.41) is 21.9. The van der Waals surface area contributed by atoms with Gasteiger partial charge in [0.1, 0.15) is 12.4 Å². The Morgan fingerprint density at radius 2 is 1.29 bits per heavy atom. The van der Waals surface area contributed by atoms with Gasteiger partial charge in [-0.25, -0.2) is 9.59 Å². The van der Waals surface area contributed by atoms with Crippen LogP contribution in [0.25, 0.3) is 22.5 Å². The standard InChI is InChI=1S/C19H27NO6.2C11H8N.Ir/c1-12(2)18(23)25-10-9-20-19(24)26-16-7-5-15(6-8-16)11-17(13(3)21)14(4)22;2*1-2-6-10(7-3-1)11-8-4-5-9-12-11;/h5-8,13-14,17,21-22H,1,9-11H2,2-4H3,(H,20,24);2*1-6,8-9H;/q;2*-1;. The summed E-state index contributed by atoms with van der Waals surface area (Å²) >= 11 is 0. The molecule has 3 aromatic carbocycles. The predicted molar refractivity (Wildman–Crippen MR) is 194 cm³/mol. The predicted octanol–water partition coefficient (Wildman–Crippen LogP) is 6.91. The molecule has 0 aliphatic rings. The number of pyridine rings is 2. The van der Waals surface area contributed by atoms with E-state index in [1.165, 1.54) is 0 Å². The normalized spacial score (nSPS) is 11.7. The number of carbonyl (C=O) groups excluding carboxylic acids is 2. The van der Waals surface area contributed by atoms with Crippen molar-refractivity contribution in [3.63, 3.8) is 0 Å². The van der Waals surface area contributed by atoms with Gasteiger partial charge in [-0.3, -0.25) is 0 Å². The van der Waals surface area contributed by atoms with E-state index in [0.717, 1.165) is 28.1 Å². The Hall–Kier alpha value is -4.99. The van der Waals surface area contributed by atoms with Crippen LogP contribution in [-0.2, 0) is 36.1 Å². The summed E-state index contributed by atoms with van der Waals surface area (Å²) in [5.74, 6) is -0.425. The van der Waals surface area contributed by atoms with Crippen LogP contribution in [0.1, 0.15) is 26.3 Å². The molecule has 9 nitrogen and oxygen atoms in total. The first-order valence-corrected chi connectivity index (χ1v) is 16.1. The van der Waals surface area contributed by atoms with Gasteiger partial charge in [0.2, 0.25) is 0 Å². The van der Waals surface area contributed by atoms with E-state index in [1.54, 1.807) is 57.4 Å². The van der Waals surface area contributed by atoms with Crippen molar-refractivity contribution >= 4 is 12.1 Å². The number of aliphatic hydroxyl groups is 2. The maximum Gasteiger partial charge on any atom is 0.412 e. The van der Waals surface area contributed by atoms with Gasteiger partial charge in [-0.1, -0.05) is 43.0 Å². The third-order valence-electron chi connectivity index (χ3n) is 7.10. The second kappa shape index (κ2) is 23.4. The quantitative estimate of drug-likeness (QED) is 0.0566. The van der Waals surface area contributed by atoms with Gasteiger partial charge in [0.15, 0.2) is 0 Å². The molecule has 2 aromatic heterocycles. The van der Waals surface area contributed by atoms with Crippen molar-refractivity contribution in [1.29, 1.82) is 0 Å². The fourth-order valence-corrected chi connectivity index (χ4v) is 4.42. The Morgan fingerprint density at radius 1 is 0.784 bits per heavy atom. The van der Waals surface area contributed by atoms with Gasteiger partial charge in [0, 0.05) is 44.0 Å². The molecule has 269 valence electrons. The summed E-state index contributed by atoms with van der Waals surface area (Å²) in [7, 11) is 0. The molecule has 2 heterocycles. The number of esters is 1. The number of benzene rings is 3. The van der Waals surface area contributed by atoms with Gasteiger partial charge in [-0.15, -0.1) is 71.8 Å². The van der Waals surface area contributed by atoms with Gasteiger partial charge >= 0.3 is 12.1 Å². The number of aromatic nitrogens is 2. The third-order valence-corrected chi connectivity index (χ3v) is 7.10. The van der Waals surface area contributed by atoms with Crippen molar-refractivity contribution < 1.29 is 49.4 Å². The third kappa shape index (κ3) is 16.1. The Bertz CT molecular complexity index is 1550. The second-order valence-electron chi connectivity index (χ2n) is 11.2. The van der Waals surface area contributed by atoms with Gasteiger partial charge in [0.05, 0.1) is 18.8 Å². The number of nitrogens with zero attached hydrogens (tertiary/aromatic N) is 2. The van der Waals surface area contributed by atoms with Crippen LogP contribution in [0.5, 0.6) is 5.75 Å². The van der Waals surface area contributed by atoms with Crippen molar-refractivity contribution in [2.45, 2.75) is 39.4 Å². The maximum atomic E-state index is 11.7. The Balaban J connectivity index is 0.000000296. The topological polar surface area (TPSA) is 131 Å². The van der Waals surface area contributed by atoms with Crippen molar-refractivity contribution in [2.75, 3.05) is 13.2 Å². The summed E-state index contributed by atoms with van der Waals surface area (Å²) in [6.07, 6.45) is 2.17. The molecule has 0 aliphatic carbocycles. The van der Waals surface area contributed by atoms with Crippen LogP contribution in [0.15, 0.2) is 134 Å². The largest absolute Gasteiger partial charge is 0.460 e. The van der Waals surface area contributed by atoms with E-state index in [2.05, 4.69) is 34.0 Å². The van der Waals surface area contributed by atoms with Gasteiger partial charge in [0.25, 0.3) is 0 Å². The zero-order valence-electron chi connectivity index (χ0n) is 28.9. The number of hydrogen-bond donors (Lipinski definition) is 3. The average Bonchev–Trinajstić information content (AvgIpc) is 3.14. The molecule has 0 saturated heterocycles. The summed E-state index contributed by atoms with van der Waals surface area (Å²) in [4.78, 5) is 31.3. The summed E-state index contributed by atoms with van der Waals surface area (Å²) < 4.78 is 9.96. The number of nitrogens with one attached hydrogen (secondary N) is 1. The van der Waals surface area contributed by atoms with E-state index in [4.69, 9.17) is 9.47 Å².